The molecule has 1 aliphatic rings. The molecule has 7 heteroatoms. The van der Waals surface area contributed by atoms with Crippen molar-refractivity contribution < 1.29 is 13.5 Å². The largest absolute Gasteiger partial charge is 0.395 e. The van der Waals surface area contributed by atoms with Gasteiger partial charge >= 0.3 is 0 Å². The van der Waals surface area contributed by atoms with Gasteiger partial charge in [0.1, 0.15) is 0 Å². The molecule has 1 fully saturated rings. The van der Waals surface area contributed by atoms with Crippen LogP contribution in [0.5, 0.6) is 0 Å². The number of nitrogens with two attached hydrogens (primary N) is 1. The molecule has 0 saturated carbocycles. The van der Waals surface area contributed by atoms with Gasteiger partial charge in [-0.2, -0.15) is 4.31 Å². The molecule has 1 heterocycles. The summed E-state index contributed by atoms with van der Waals surface area (Å²) in [6, 6.07) is 6.28. The molecule has 3 N–H and O–H groups in total. The van der Waals surface area contributed by atoms with E-state index in [2.05, 4.69) is 0 Å². The fraction of sp³-hybridized carbons (Fsp3) is 0.500. The number of rotatable bonds is 5. The second-order valence-corrected chi connectivity index (χ2v) is 7.65. The molecule has 0 spiro atoms. The fourth-order valence-electron chi connectivity index (χ4n) is 2.59. The highest BCUT2D eigenvalue weighted by Gasteiger charge is 2.32. The standard InChI is InChI=1S/C14H20N2O3S2/c15-14(20)9-11-4-6-13(7-5-11)21(18,19)16-8-2-1-3-12(16)10-17/h4-7,12,17H,1-3,8-10H2,(H2,15,20). The molecule has 0 aliphatic carbocycles. The molecule has 2 rings (SSSR count). The monoisotopic (exact) mass is 328 g/mol. The lowest BCUT2D eigenvalue weighted by Crippen LogP contribution is -2.45. The Morgan fingerprint density at radius 1 is 1.33 bits per heavy atom. The molecule has 5 nitrogen and oxygen atoms in total. The summed E-state index contributed by atoms with van der Waals surface area (Å²) in [4.78, 5) is 0.622. The zero-order valence-electron chi connectivity index (χ0n) is 11.7. The molecule has 0 aromatic heterocycles. The maximum Gasteiger partial charge on any atom is 0.243 e. The average molecular weight is 328 g/mol. The highest BCUT2D eigenvalue weighted by Crippen LogP contribution is 2.25. The summed E-state index contributed by atoms with van der Waals surface area (Å²) in [5.74, 6) is 0. The van der Waals surface area contributed by atoms with Gasteiger partial charge in [-0.15, -0.1) is 0 Å². The van der Waals surface area contributed by atoms with Crippen LogP contribution >= 0.6 is 12.2 Å². The van der Waals surface area contributed by atoms with Crippen molar-refractivity contribution in [2.45, 2.75) is 36.6 Å². The number of hydrogen-bond acceptors (Lipinski definition) is 4. The topological polar surface area (TPSA) is 83.6 Å². The molecule has 1 aliphatic heterocycles. The van der Waals surface area contributed by atoms with Gasteiger partial charge in [-0.05, 0) is 30.5 Å². The van der Waals surface area contributed by atoms with Crippen LogP contribution in [0.3, 0.4) is 0 Å². The first-order chi connectivity index (χ1) is 9.95. The van der Waals surface area contributed by atoms with Gasteiger partial charge in [0, 0.05) is 19.0 Å². The molecule has 0 bridgehead atoms. The summed E-state index contributed by atoms with van der Waals surface area (Å²) in [5, 5.41) is 9.38. The minimum absolute atomic E-state index is 0.140. The zero-order chi connectivity index (χ0) is 15.5. The van der Waals surface area contributed by atoms with Crippen LogP contribution in [-0.4, -0.2) is 42.0 Å². The number of benzene rings is 1. The van der Waals surface area contributed by atoms with E-state index in [-0.39, 0.29) is 17.5 Å². The van der Waals surface area contributed by atoms with E-state index in [0.29, 0.717) is 24.4 Å². The first-order valence-corrected chi connectivity index (χ1v) is 8.80. The van der Waals surface area contributed by atoms with Crippen molar-refractivity contribution in [2.75, 3.05) is 13.2 Å². The van der Waals surface area contributed by atoms with E-state index in [9.17, 15) is 13.5 Å². The highest BCUT2D eigenvalue weighted by molar-refractivity contribution is 7.89. The summed E-state index contributed by atoms with van der Waals surface area (Å²) in [5.41, 5.74) is 6.37. The van der Waals surface area contributed by atoms with E-state index in [1.165, 1.54) is 4.31 Å². The average Bonchev–Trinajstić information content (AvgIpc) is 2.47. The summed E-state index contributed by atoms with van der Waals surface area (Å²) in [6.07, 6.45) is 2.94. The van der Waals surface area contributed by atoms with E-state index in [1.807, 2.05) is 0 Å². The molecule has 1 unspecified atom stereocenters. The quantitative estimate of drug-likeness (QED) is 0.790. The lowest BCUT2D eigenvalue weighted by atomic mass is 10.1. The highest BCUT2D eigenvalue weighted by atomic mass is 32.2. The van der Waals surface area contributed by atoms with Gasteiger partial charge in [0.15, 0.2) is 0 Å². The number of sulfonamides is 1. The summed E-state index contributed by atoms with van der Waals surface area (Å²) in [6.45, 7) is 0.320. The molecule has 0 amide bonds. The van der Waals surface area contributed by atoms with Gasteiger partial charge in [-0.3, -0.25) is 0 Å². The third-order valence-corrected chi connectivity index (χ3v) is 5.80. The van der Waals surface area contributed by atoms with Crippen LogP contribution in [0.25, 0.3) is 0 Å². The van der Waals surface area contributed by atoms with Crippen molar-refractivity contribution in [1.82, 2.24) is 4.31 Å². The van der Waals surface area contributed by atoms with Crippen LogP contribution in [0.4, 0.5) is 0 Å². The Kier molecular flexibility index (Phi) is 5.32. The van der Waals surface area contributed by atoms with Gasteiger partial charge in [-0.1, -0.05) is 30.8 Å². The lowest BCUT2D eigenvalue weighted by Gasteiger charge is -2.33. The van der Waals surface area contributed by atoms with Crippen molar-refractivity contribution in [3.8, 4) is 0 Å². The predicted molar refractivity (Wildman–Crippen MR) is 85.5 cm³/mol. The molecule has 1 aromatic rings. The van der Waals surface area contributed by atoms with Crippen LogP contribution in [0.15, 0.2) is 29.2 Å². The van der Waals surface area contributed by atoms with E-state index in [0.717, 1.165) is 18.4 Å². The molecule has 1 saturated heterocycles. The lowest BCUT2D eigenvalue weighted by molar-refractivity contribution is 0.155. The number of aliphatic hydroxyl groups is 1. The predicted octanol–water partition coefficient (Wildman–Crippen LogP) is 1.05. The van der Waals surface area contributed by atoms with Crippen LogP contribution in [0.2, 0.25) is 0 Å². The Bertz CT molecular complexity index is 599. The van der Waals surface area contributed by atoms with Gasteiger partial charge in [0.25, 0.3) is 0 Å². The summed E-state index contributed by atoms with van der Waals surface area (Å²) < 4.78 is 26.7. The molecule has 21 heavy (non-hydrogen) atoms. The minimum atomic E-state index is -3.56. The SMILES string of the molecule is NC(=S)Cc1ccc(S(=O)(=O)N2CCCCC2CO)cc1. The van der Waals surface area contributed by atoms with Crippen LogP contribution in [-0.2, 0) is 16.4 Å². The second-order valence-electron chi connectivity index (χ2n) is 5.23. The normalized spacial score (nSPS) is 20.3. The van der Waals surface area contributed by atoms with Gasteiger partial charge < -0.3 is 10.8 Å². The van der Waals surface area contributed by atoms with Gasteiger partial charge in [-0.25, -0.2) is 8.42 Å². The molecule has 0 radical (unpaired) electrons. The summed E-state index contributed by atoms with van der Waals surface area (Å²) in [7, 11) is -3.56. The van der Waals surface area contributed by atoms with Crippen molar-refractivity contribution >= 4 is 27.2 Å². The smallest absolute Gasteiger partial charge is 0.243 e. The first kappa shape index (κ1) is 16.4. The molecule has 116 valence electrons. The van der Waals surface area contributed by atoms with Crippen molar-refractivity contribution in [1.29, 1.82) is 0 Å². The number of thiocarbonyl (C=S) groups is 1. The maximum absolute atomic E-state index is 12.7. The number of hydrogen-bond donors (Lipinski definition) is 2. The van der Waals surface area contributed by atoms with E-state index in [4.69, 9.17) is 18.0 Å². The van der Waals surface area contributed by atoms with Crippen molar-refractivity contribution in [2.24, 2.45) is 5.73 Å². The van der Waals surface area contributed by atoms with Crippen LogP contribution < -0.4 is 5.73 Å². The molecular weight excluding hydrogens is 308 g/mol. The molecule has 1 atom stereocenters. The van der Waals surface area contributed by atoms with Crippen molar-refractivity contribution in [3.63, 3.8) is 0 Å². The molecular formula is C14H20N2O3S2. The number of nitrogens with zero attached hydrogens (tertiary/aromatic N) is 1. The Morgan fingerprint density at radius 3 is 2.57 bits per heavy atom. The van der Waals surface area contributed by atoms with Crippen LogP contribution in [0.1, 0.15) is 24.8 Å². The third-order valence-electron chi connectivity index (χ3n) is 3.69. The van der Waals surface area contributed by atoms with Crippen LogP contribution in [0, 0.1) is 0 Å². The maximum atomic E-state index is 12.7. The Hall–Kier alpha value is -1.02. The first-order valence-electron chi connectivity index (χ1n) is 6.95. The Labute approximate surface area is 130 Å². The third kappa shape index (κ3) is 3.79. The van der Waals surface area contributed by atoms with E-state index in [1.54, 1.807) is 24.3 Å². The van der Waals surface area contributed by atoms with E-state index < -0.39 is 10.0 Å². The minimum Gasteiger partial charge on any atom is -0.395 e. The van der Waals surface area contributed by atoms with Gasteiger partial charge in [0.2, 0.25) is 10.0 Å². The van der Waals surface area contributed by atoms with Crippen molar-refractivity contribution in [3.05, 3.63) is 29.8 Å². The number of aliphatic hydroxyl groups excluding tert-OH is 1. The summed E-state index contributed by atoms with van der Waals surface area (Å²) >= 11 is 4.84. The fourth-order valence-corrected chi connectivity index (χ4v) is 4.44. The Balaban J connectivity index is 2.24. The number of piperidine rings is 1. The van der Waals surface area contributed by atoms with E-state index >= 15 is 0 Å². The van der Waals surface area contributed by atoms with Gasteiger partial charge in [0.05, 0.1) is 16.5 Å². The zero-order valence-corrected chi connectivity index (χ0v) is 13.4. The second kappa shape index (κ2) is 6.83. The Morgan fingerprint density at radius 2 is 2.00 bits per heavy atom. The molecule has 1 aromatic carbocycles.